The molecule has 1 amide bonds. The largest absolute Gasteiger partial charge is 0.494 e. The van der Waals surface area contributed by atoms with Gasteiger partial charge in [-0.3, -0.25) is 4.79 Å². The van der Waals surface area contributed by atoms with Crippen LogP contribution in [0.5, 0.6) is 5.75 Å². The highest BCUT2D eigenvalue weighted by Gasteiger charge is 2.14. The standard InChI is InChI=1S/C18H20FNO3/c1-2-9-23-16-8-4-7-15(11-16)20-18(22)12-17(21)13-5-3-6-14(19)10-13/h3-8,10-11,17,21H,2,9,12H2,1H3,(H,20,22). The molecule has 0 aliphatic rings. The SMILES string of the molecule is CCCOc1cccc(NC(=O)CC(O)c2cccc(F)c2)c1. The first-order chi connectivity index (χ1) is 11.1. The van der Waals surface area contributed by atoms with Crippen LogP contribution in [0.25, 0.3) is 0 Å². The summed E-state index contributed by atoms with van der Waals surface area (Å²) < 4.78 is 18.6. The molecule has 0 bridgehead atoms. The average molecular weight is 317 g/mol. The molecule has 4 nitrogen and oxygen atoms in total. The van der Waals surface area contributed by atoms with E-state index >= 15 is 0 Å². The zero-order chi connectivity index (χ0) is 16.7. The fourth-order valence-corrected chi connectivity index (χ4v) is 2.10. The quantitative estimate of drug-likeness (QED) is 0.819. The Morgan fingerprint density at radius 2 is 2.04 bits per heavy atom. The highest BCUT2D eigenvalue weighted by Crippen LogP contribution is 2.20. The molecule has 2 rings (SSSR count). The molecule has 0 saturated heterocycles. The predicted molar refractivity (Wildman–Crippen MR) is 86.8 cm³/mol. The molecule has 0 saturated carbocycles. The fraction of sp³-hybridized carbons (Fsp3) is 0.278. The van der Waals surface area contributed by atoms with E-state index in [9.17, 15) is 14.3 Å². The molecule has 122 valence electrons. The van der Waals surface area contributed by atoms with Gasteiger partial charge in [0.2, 0.25) is 5.91 Å². The zero-order valence-corrected chi connectivity index (χ0v) is 13.0. The Morgan fingerprint density at radius 1 is 1.26 bits per heavy atom. The highest BCUT2D eigenvalue weighted by atomic mass is 19.1. The third-order valence-electron chi connectivity index (χ3n) is 3.20. The van der Waals surface area contributed by atoms with E-state index in [1.54, 1.807) is 24.3 Å². The van der Waals surface area contributed by atoms with Crippen molar-refractivity contribution in [2.45, 2.75) is 25.9 Å². The number of rotatable bonds is 7. The molecule has 0 fully saturated rings. The zero-order valence-electron chi connectivity index (χ0n) is 13.0. The van der Waals surface area contributed by atoms with Gasteiger partial charge >= 0.3 is 0 Å². The summed E-state index contributed by atoms with van der Waals surface area (Å²) in [5, 5.41) is 12.7. The number of hydrogen-bond acceptors (Lipinski definition) is 3. The van der Waals surface area contributed by atoms with Crippen LogP contribution in [-0.4, -0.2) is 17.6 Å². The number of aliphatic hydroxyl groups is 1. The van der Waals surface area contributed by atoms with Crippen LogP contribution in [0.4, 0.5) is 10.1 Å². The second kappa shape index (κ2) is 8.29. The minimum absolute atomic E-state index is 0.149. The minimum atomic E-state index is -1.05. The maximum Gasteiger partial charge on any atom is 0.227 e. The molecule has 0 aliphatic heterocycles. The van der Waals surface area contributed by atoms with Crippen molar-refractivity contribution in [3.8, 4) is 5.75 Å². The Balaban J connectivity index is 1.94. The maximum absolute atomic E-state index is 13.1. The van der Waals surface area contributed by atoms with E-state index in [-0.39, 0.29) is 12.3 Å². The summed E-state index contributed by atoms with van der Waals surface area (Å²) in [6, 6.07) is 12.7. The van der Waals surface area contributed by atoms with Gasteiger partial charge in [-0.15, -0.1) is 0 Å². The van der Waals surface area contributed by atoms with Crippen molar-refractivity contribution in [1.29, 1.82) is 0 Å². The van der Waals surface area contributed by atoms with E-state index < -0.39 is 11.9 Å². The van der Waals surface area contributed by atoms with Crippen LogP contribution in [0, 0.1) is 5.82 Å². The Kier molecular flexibility index (Phi) is 6.11. The number of anilines is 1. The molecule has 2 aromatic rings. The first kappa shape index (κ1) is 17.0. The van der Waals surface area contributed by atoms with Crippen LogP contribution < -0.4 is 10.1 Å². The van der Waals surface area contributed by atoms with Gasteiger partial charge in [0, 0.05) is 11.8 Å². The molecule has 1 atom stereocenters. The summed E-state index contributed by atoms with van der Waals surface area (Å²) in [4.78, 5) is 12.0. The molecule has 2 N–H and O–H groups in total. The van der Waals surface area contributed by atoms with Gasteiger partial charge in [0.25, 0.3) is 0 Å². The summed E-state index contributed by atoms with van der Waals surface area (Å²) in [5.41, 5.74) is 0.968. The summed E-state index contributed by atoms with van der Waals surface area (Å²) >= 11 is 0. The number of carbonyl (C=O) groups is 1. The van der Waals surface area contributed by atoms with Crippen molar-refractivity contribution in [2.75, 3.05) is 11.9 Å². The molecule has 1 unspecified atom stereocenters. The molecule has 2 aromatic carbocycles. The topological polar surface area (TPSA) is 58.6 Å². The van der Waals surface area contributed by atoms with Crippen molar-refractivity contribution >= 4 is 11.6 Å². The lowest BCUT2D eigenvalue weighted by molar-refractivity contribution is -0.118. The van der Waals surface area contributed by atoms with Crippen LogP contribution in [0.15, 0.2) is 48.5 Å². The van der Waals surface area contributed by atoms with Crippen molar-refractivity contribution in [2.24, 2.45) is 0 Å². The summed E-state index contributed by atoms with van der Waals surface area (Å²) in [6.07, 6.45) is -0.301. The van der Waals surface area contributed by atoms with Crippen LogP contribution in [-0.2, 0) is 4.79 Å². The van der Waals surface area contributed by atoms with E-state index in [0.29, 0.717) is 23.6 Å². The lowest BCUT2D eigenvalue weighted by atomic mass is 10.1. The van der Waals surface area contributed by atoms with Crippen molar-refractivity contribution in [1.82, 2.24) is 0 Å². The normalized spacial score (nSPS) is 11.8. The first-order valence-electron chi connectivity index (χ1n) is 7.54. The second-order valence-corrected chi connectivity index (χ2v) is 5.20. The van der Waals surface area contributed by atoms with Crippen LogP contribution in [0.3, 0.4) is 0 Å². The number of halogens is 1. The lowest BCUT2D eigenvalue weighted by Gasteiger charge is -2.12. The van der Waals surface area contributed by atoms with Crippen molar-refractivity contribution in [3.63, 3.8) is 0 Å². The van der Waals surface area contributed by atoms with Crippen molar-refractivity contribution < 1.29 is 19.0 Å². The molecule has 5 heteroatoms. The number of hydrogen-bond donors (Lipinski definition) is 2. The third kappa shape index (κ3) is 5.38. The maximum atomic E-state index is 13.1. The number of benzene rings is 2. The highest BCUT2D eigenvalue weighted by molar-refractivity contribution is 5.91. The van der Waals surface area contributed by atoms with Crippen LogP contribution in [0.1, 0.15) is 31.4 Å². The van der Waals surface area contributed by atoms with E-state index in [4.69, 9.17) is 4.74 Å². The molecular weight excluding hydrogens is 297 g/mol. The minimum Gasteiger partial charge on any atom is -0.494 e. The van der Waals surface area contributed by atoms with Gasteiger partial charge in [0.15, 0.2) is 0 Å². The van der Waals surface area contributed by atoms with Crippen molar-refractivity contribution in [3.05, 3.63) is 59.9 Å². The molecule has 0 aliphatic carbocycles. The summed E-state index contributed by atoms with van der Waals surface area (Å²) in [6.45, 7) is 2.62. The molecule has 23 heavy (non-hydrogen) atoms. The van der Waals surface area contributed by atoms with Crippen LogP contribution >= 0.6 is 0 Å². The van der Waals surface area contributed by atoms with E-state index in [1.807, 2.05) is 13.0 Å². The van der Waals surface area contributed by atoms with Gasteiger partial charge in [-0.25, -0.2) is 4.39 Å². The van der Waals surface area contributed by atoms with Gasteiger partial charge in [-0.2, -0.15) is 0 Å². The van der Waals surface area contributed by atoms with Gasteiger partial charge in [-0.05, 0) is 36.2 Å². The Bertz CT molecular complexity index is 660. The Morgan fingerprint density at radius 3 is 2.78 bits per heavy atom. The summed E-state index contributed by atoms with van der Waals surface area (Å²) in [7, 11) is 0. The molecular formula is C18H20FNO3. The van der Waals surface area contributed by atoms with Crippen LogP contribution in [0.2, 0.25) is 0 Å². The molecule has 0 heterocycles. The van der Waals surface area contributed by atoms with E-state index in [0.717, 1.165) is 6.42 Å². The number of nitrogens with one attached hydrogen (secondary N) is 1. The first-order valence-corrected chi connectivity index (χ1v) is 7.54. The number of amides is 1. The second-order valence-electron chi connectivity index (χ2n) is 5.20. The molecule has 0 spiro atoms. The molecule has 0 radical (unpaired) electrons. The average Bonchev–Trinajstić information content (AvgIpc) is 2.53. The van der Waals surface area contributed by atoms with E-state index in [2.05, 4.69) is 5.32 Å². The smallest absolute Gasteiger partial charge is 0.227 e. The predicted octanol–water partition coefficient (Wildman–Crippen LogP) is 3.68. The third-order valence-corrected chi connectivity index (χ3v) is 3.20. The van der Waals surface area contributed by atoms with Gasteiger partial charge in [0.1, 0.15) is 11.6 Å². The van der Waals surface area contributed by atoms with Gasteiger partial charge in [0.05, 0.1) is 19.1 Å². The van der Waals surface area contributed by atoms with Gasteiger partial charge < -0.3 is 15.2 Å². The summed E-state index contributed by atoms with van der Waals surface area (Å²) in [5.74, 6) is -0.118. The molecule has 0 aromatic heterocycles. The Labute approximate surface area is 134 Å². The lowest BCUT2D eigenvalue weighted by Crippen LogP contribution is -2.15. The van der Waals surface area contributed by atoms with E-state index in [1.165, 1.54) is 18.2 Å². The number of ether oxygens (including phenoxy) is 1. The monoisotopic (exact) mass is 317 g/mol. The number of carbonyl (C=O) groups excluding carboxylic acids is 1. The van der Waals surface area contributed by atoms with Gasteiger partial charge in [-0.1, -0.05) is 25.1 Å². The number of aliphatic hydroxyl groups excluding tert-OH is 1. The Hall–Kier alpha value is -2.40. The fourth-order valence-electron chi connectivity index (χ4n) is 2.10.